The van der Waals surface area contributed by atoms with Crippen molar-refractivity contribution in [3.05, 3.63) is 52.1 Å². The van der Waals surface area contributed by atoms with Crippen molar-refractivity contribution in [1.82, 2.24) is 40.1 Å². The van der Waals surface area contributed by atoms with Crippen LogP contribution >= 0.6 is 65.3 Å². The average molecular weight is 992 g/mol. The summed E-state index contributed by atoms with van der Waals surface area (Å²) in [4.78, 5) is 58.6. The van der Waals surface area contributed by atoms with Gasteiger partial charge >= 0.3 is 12.0 Å². The number of aromatic nitrogens is 3. The third-order valence-electron chi connectivity index (χ3n) is 12.7. The number of ether oxygens (including phenoxy) is 3. The van der Waals surface area contributed by atoms with Gasteiger partial charge in [0.1, 0.15) is 12.1 Å². The van der Waals surface area contributed by atoms with Crippen molar-refractivity contribution >= 4 is 99.8 Å². The first kappa shape index (κ1) is 54.4. The van der Waals surface area contributed by atoms with Gasteiger partial charge in [0.2, 0.25) is 0 Å². The number of morpholine rings is 1. The van der Waals surface area contributed by atoms with Crippen molar-refractivity contribution < 1.29 is 28.6 Å². The molecular formula is C45H69N9O6S5. The second kappa shape index (κ2) is 23.2. The summed E-state index contributed by atoms with van der Waals surface area (Å²) in [7, 11) is 3.89. The Labute approximate surface area is 415 Å². The Bertz CT molecular complexity index is 2270. The predicted molar refractivity (Wildman–Crippen MR) is 278 cm³/mol. The van der Waals surface area contributed by atoms with Gasteiger partial charge in [-0.15, -0.1) is 11.3 Å². The molecule has 2 N–H and O–H groups in total. The SMILES string of the molecule is CCn1c(-c2cc(N3CCN(C)CC3)cnc2[C@H](C)OC)c2c3cc(ccc31)-c1csc(n1)C[C@H](NC(=O)N1CCOC[C@@H]1C)C(=O)N1CCC[C@H](N1)C(=O)OCC(C)(C)C2.S.S.S.S. The minimum Gasteiger partial charge on any atom is -0.464 e. The van der Waals surface area contributed by atoms with Crippen LogP contribution in [-0.4, -0.2) is 139 Å². The number of hydrogen-bond donors (Lipinski definition) is 2. The monoisotopic (exact) mass is 991 g/mol. The van der Waals surface area contributed by atoms with E-state index in [1.807, 2.05) is 25.4 Å². The number of piperazine rings is 1. The lowest BCUT2D eigenvalue weighted by Gasteiger charge is -2.37. The summed E-state index contributed by atoms with van der Waals surface area (Å²) in [5.74, 6) is -0.726. The molecular weight excluding hydrogens is 923 g/mol. The van der Waals surface area contributed by atoms with E-state index in [9.17, 15) is 14.4 Å². The number of cyclic esters (lactones) is 1. The summed E-state index contributed by atoms with van der Waals surface area (Å²) in [5, 5.41) is 8.36. The molecule has 0 radical (unpaired) electrons. The largest absolute Gasteiger partial charge is 0.464 e. The smallest absolute Gasteiger partial charge is 0.324 e. The highest BCUT2D eigenvalue weighted by Gasteiger charge is 2.37. The Kier molecular flexibility index (Phi) is 19.4. The Balaban J connectivity index is 0.00000231. The number of carbonyl (C=O) groups excluding carboxylic acids is 3. The van der Waals surface area contributed by atoms with E-state index < -0.39 is 23.5 Å². The van der Waals surface area contributed by atoms with Crippen LogP contribution in [0.4, 0.5) is 10.5 Å². The van der Waals surface area contributed by atoms with Crippen LogP contribution in [0.15, 0.2) is 35.8 Å². The first-order valence-electron chi connectivity index (χ1n) is 21.8. The van der Waals surface area contributed by atoms with Crippen molar-refractivity contribution in [3.63, 3.8) is 0 Å². The molecule has 65 heavy (non-hydrogen) atoms. The number of fused-ring (bicyclic) bond motifs is 6. The van der Waals surface area contributed by atoms with Gasteiger partial charge in [0.25, 0.3) is 5.91 Å². The van der Waals surface area contributed by atoms with Gasteiger partial charge in [0.05, 0.1) is 65.9 Å². The molecule has 4 aliphatic heterocycles. The van der Waals surface area contributed by atoms with Crippen LogP contribution in [0.1, 0.15) is 69.8 Å². The highest BCUT2D eigenvalue weighted by molar-refractivity contribution is 7.59. The lowest BCUT2D eigenvalue weighted by molar-refractivity contribution is -0.155. The number of methoxy groups -OCH3 is 1. The van der Waals surface area contributed by atoms with E-state index in [0.717, 1.165) is 88.1 Å². The highest BCUT2D eigenvalue weighted by atomic mass is 32.1. The predicted octanol–water partition coefficient (Wildman–Crippen LogP) is 5.72. The zero-order chi connectivity index (χ0) is 43.0. The minimum atomic E-state index is -0.921. The van der Waals surface area contributed by atoms with Crippen molar-refractivity contribution in [1.29, 1.82) is 0 Å². The topological polar surface area (TPSA) is 147 Å². The molecule has 7 heterocycles. The Morgan fingerprint density at radius 3 is 2.54 bits per heavy atom. The minimum absolute atomic E-state index is 0. The van der Waals surface area contributed by atoms with Crippen molar-refractivity contribution in [2.24, 2.45) is 5.41 Å². The molecule has 4 aliphatic rings. The maximum Gasteiger partial charge on any atom is 0.324 e. The van der Waals surface area contributed by atoms with Crippen LogP contribution in [0, 0.1) is 5.41 Å². The number of esters is 1. The van der Waals surface area contributed by atoms with Crippen LogP contribution < -0.4 is 15.6 Å². The van der Waals surface area contributed by atoms with Crippen molar-refractivity contribution in [2.45, 2.75) is 91.1 Å². The van der Waals surface area contributed by atoms with Gasteiger partial charge in [-0.05, 0) is 70.8 Å². The fraction of sp³-hybridized carbons (Fsp3) is 0.578. The number of nitrogens with zero attached hydrogens (tertiary/aromatic N) is 7. The van der Waals surface area contributed by atoms with Gasteiger partial charge in [0, 0.05) is 92.2 Å². The third kappa shape index (κ3) is 11.7. The molecule has 0 saturated carbocycles. The first-order valence-corrected chi connectivity index (χ1v) is 22.7. The number of carbonyl (C=O) groups is 3. The molecule has 0 spiro atoms. The van der Waals surface area contributed by atoms with Crippen molar-refractivity contribution in [2.75, 3.05) is 78.1 Å². The van der Waals surface area contributed by atoms with Crippen LogP contribution in [0.25, 0.3) is 33.4 Å². The standard InChI is InChI=1S/C45H61N9O6S.4H2S/c1-8-52-38-12-11-30-20-32(38)34(41(52)33-21-31(24-46-40(33)29(3)58-7)51-16-14-50(6)15-17-51)23-45(4,5)27-60-43(56)35-10-9-13-54(49-35)42(55)36(22-39-47-37(30)26-61-39)48-44(57)53-18-19-59-25-28(53)2;;;;/h11-12,20-21,24,26,28-29,35-36,49H,8-10,13-19,22-23,25,27H2,1-7H3,(H,48,57);4*1H2/t28-,29-,35-,36-;;;;/m0..../s1. The number of aryl methyl sites for hydroxylation is 1. The number of benzene rings is 1. The van der Waals surface area contributed by atoms with E-state index in [0.29, 0.717) is 45.6 Å². The number of urea groups is 1. The molecule has 0 aliphatic carbocycles. The molecule has 0 unspecified atom stereocenters. The quantitative estimate of drug-likeness (QED) is 0.229. The number of hydrazine groups is 1. The fourth-order valence-electron chi connectivity index (χ4n) is 9.10. The molecule has 6 bridgehead atoms. The molecule has 3 saturated heterocycles. The zero-order valence-electron chi connectivity index (χ0n) is 38.7. The van der Waals surface area contributed by atoms with Gasteiger partial charge in [0.15, 0.2) is 0 Å². The molecule has 4 atom stereocenters. The summed E-state index contributed by atoms with van der Waals surface area (Å²) in [6, 6.07) is 6.72. The number of likely N-dealkylation sites (N-methyl/N-ethyl adjacent to an activating group) is 1. The van der Waals surface area contributed by atoms with Crippen LogP contribution in [0.3, 0.4) is 0 Å². The van der Waals surface area contributed by atoms with E-state index >= 15 is 0 Å². The first-order chi connectivity index (χ1) is 29.3. The van der Waals surface area contributed by atoms with Crippen LogP contribution in [-0.2, 0) is 43.2 Å². The number of amides is 3. The Morgan fingerprint density at radius 1 is 1.08 bits per heavy atom. The maximum atomic E-state index is 14.3. The molecule has 3 fully saturated rings. The Morgan fingerprint density at radius 2 is 1.83 bits per heavy atom. The van der Waals surface area contributed by atoms with E-state index in [1.54, 1.807) is 12.0 Å². The lowest BCUT2D eigenvalue weighted by atomic mass is 9.84. The molecule has 3 amide bonds. The van der Waals surface area contributed by atoms with Crippen LogP contribution in [0.5, 0.6) is 0 Å². The molecule has 20 heteroatoms. The summed E-state index contributed by atoms with van der Waals surface area (Å²) in [6.45, 7) is 16.8. The van der Waals surface area contributed by atoms with Crippen molar-refractivity contribution in [3.8, 4) is 22.5 Å². The van der Waals surface area contributed by atoms with E-state index in [2.05, 4.69) is 77.2 Å². The fourth-order valence-corrected chi connectivity index (χ4v) is 9.95. The van der Waals surface area contributed by atoms with E-state index in [1.165, 1.54) is 16.3 Å². The summed E-state index contributed by atoms with van der Waals surface area (Å²) < 4.78 is 20.1. The van der Waals surface area contributed by atoms with Gasteiger partial charge in [-0.25, -0.2) is 15.2 Å². The van der Waals surface area contributed by atoms with Gasteiger partial charge in [-0.2, -0.15) is 54.0 Å². The van der Waals surface area contributed by atoms with Gasteiger partial charge in [-0.1, -0.05) is 19.9 Å². The molecule has 1 aromatic carbocycles. The van der Waals surface area contributed by atoms with Gasteiger partial charge in [-0.3, -0.25) is 19.6 Å². The van der Waals surface area contributed by atoms with E-state index in [4.69, 9.17) is 24.2 Å². The van der Waals surface area contributed by atoms with Gasteiger partial charge < -0.3 is 38.8 Å². The number of thiazole rings is 1. The number of hydrogen-bond acceptors (Lipinski definition) is 12. The summed E-state index contributed by atoms with van der Waals surface area (Å²) in [5.41, 5.74) is 10.7. The summed E-state index contributed by atoms with van der Waals surface area (Å²) >= 11 is 1.47. The second-order valence-electron chi connectivity index (χ2n) is 17.8. The summed E-state index contributed by atoms with van der Waals surface area (Å²) in [6.07, 6.45) is 3.65. The number of nitrogens with one attached hydrogen (secondary N) is 2. The Hall–Kier alpha value is -3.21. The lowest BCUT2D eigenvalue weighted by Crippen LogP contribution is -2.62. The second-order valence-corrected chi connectivity index (χ2v) is 18.8. The zero-order valence-corrected chi connectivity index (χ0v) is 43.5. The number of pyridine rings is 1. The third-order valence-corrected chi connectivity index (χ3v) is 13.6. The molecule has 8 rings (SSSR count). The highest BCUT2D eigenvalue weighted by Crippen LogP contribution is 2.43. The maximum absolute atomic E-state index is 14.3. The molecule has 360 valence electrons. The molecule has 3 aromatic heterocycles. The average Bonchev–Trinajstić information content (AvgIpc) is 3.86. The van der Waals surface area contributed by atoms with E-state index in [-0.39, 0.29) is 91.1 Å². The van der Waals surface area contributed by atoms with Crippen LogP contribution in [0.2, 0.25) is 0 Å². The molecule has 15 nitrogen and oxygen atoms in total. The number of anilines is 1. The number of rotatable bonds is 6. The normalized spacial score (nSPS) is 22.0. The molecule has 4 aromatic rings.